The van der Waals surface area contributed by atoms with Crippen LogP contribution in [0.5, 0.6) is 0 Å². The maximum Gasteiger partial charge on any atom is 0.243 e. The van der Waals surface area contributed by atoms with Crippen molar-refractivity contribution in [3.05, 3.63) is 42.1 Å². The van der Waals surface area contributed by atoms with E-state index in [0.29, 0.717) is 6.54 Å². The number of nitrogens with one attached hydrogen (secondary N) is 1. The number of amides is 1. The van der Waals surface area contributed by atoms with Crippen LogP contribution in [0, 0.1) is 6.92 Å². The summed E-state index contributed by atoms with van der Waals surface area (Å²) in [6, 6.07) is 3.69. The molecule has 140 valence electrons. The van der Waals surface area contributed by atoms with E-state index in [4.69, 9.17) is 0 Å². The Labute approximate surface area is 155 Å². The van der Waals surface area contributed by atoms with Gasteiger partial charge >= 0.3 is 0 Å². The minimum absolute atomic E-state index is 0.0171. The molecule has 0 saturated carbocycles. The predicted octanol–water partition coefficient (Wildman–Crippen LogP) is 1.61. The predicted molar refractivity (Wildman–Crippen MR) is 102 cm³/mol. The van der Waals surface area contributed by atoms with E-state index in [2.05, 4.69) is 32.1 Å². The maximum atomic E-state index is 12.6. The zero-order valence-electron chi connectivity index (χ0n) is 15.9. The van der Waals surface area contributed by atoms with Crippen molar-refractivity contribution in [2.45, 2.75) is 32.9 Å². The number of aromatic nitrogens is 3. The summed E-state index contributed by atoms with van der Waals surface area (Å²) in [5, 5.41) is 3.05. The molecule has 7 nitrogen and oxygen atoms in total. The lowest BCUT2D eigenvalue weighted by Crippen LogP contribution is -2.33. The first-order valence-electron chi connectivity index (χ1n) is 9.21. The Morgan fingerprint density at radius 2 is 2.08 bits per heavy atom. The van der Waals surface area contributed by atoms with Gasteiger partial charge < -0.3 is 19.7 Å². The second-order valence-corrected chi connectivity index (χ2v) is 6.91. The van der Waals surface area contributed by atoms with Crippen molar-refractivity contribution in [3.63, 3.8) is 0 Å². The standard InChI is InChI=1S/C19H28N6O/c1-15(25-11-8-20-16(25)2)19(26)22-14-17-6-4-7-21-18(17)24-10-5-9-23(3)12-13-24/h4,6-8,11,15H,5,9-10,12-14H2,1-3H3,(H,22,26). The number of hydrogen-bond acceptors (Lipinski definition) is 5. The smallest absolute Gasteiger partial charge is 0.243 e. The Morgan fingerprint density at radius 1 is 1.23 bits per heavy atom. The summed E-state index contributed by atoms with van der Waals surface area (Å²) in [7, 11) is 2.16. The first-order valence-corrected chi connectivity index (χ1v) is 9.21. The highest BCUT2D eigenvalue weighted by molar-refractivity contribution is 5.80. The summed E-state index contributed by atoms with van der Waals surface area (Å²) in [5.41, 5.74) is 1.06. The molecule has 1 saturated heterocycles. The number of likely N-dealkylation sites (N-methyl/N-ethyl adjacent to an activating group) is 1. The Kier molecular flexibility index (Phi) is 5.88. The van der Waals surface area contributed by atoms with E-state index in [1.54, 1.807) is 6.20 Å². The van der Waals surface area contributed by atoms with Crippen LogP contribution < -0.4 is 10.2 Å². The van der Waals surface area contributed by atoms with Crippen molar-refractivity contribution in [2.75, 3.05) is 38.1 Å². The molecule has 2 aromatic heterocycles. The van der Waals surface area contributed by atoms with Crippen LogP contribution in [0.15, 0.2) is 30.7 Å². The molecule has 1 amide bonds. The monoisotopic (exact) mass is 356 g/mol. The average molecular weight is 356 g/mol. The SMILES string of the molecule is Cc1nccn1C(C)C(=O)NCc1cccnc1N1CCCN(C)CC1. The van der Waals surface area contributed by atoms with E-state index in [1.165, 1.54) is 0 Å². The molecule has 1 aliphatic rings. The molecular formula is C19H28N6O. The van der Waals surface area contributed by atoms with Crippen LogP contribution in [-0.2, 0) is 11.3 Å². The van der Waals surface area contributed by atoms with Gasteiger partial charge in [0.25, 0.3) is 0 Å². The number of nitrogens with zero attached hydrogens (tertiary/aromatic N) is 5. The molecule has 3 rings (SSSR count). The van der Waals surface area contributed by atoms with Crippen LogP contribution in [0.4, 0.5) is 5.82 Å². The fourth-order valence-electron chi connectivity index (χ4n) is 3.36. The first kappa shape index (κ1) is 18.4. The lowest BCUT2D eigenvalue weighted by molar-refractivity contribution is -0.124. The van der Waals surface area contributed by atoms with Gasteiger partial charge in [0.1, 0.15) is 17.7 Å². The number of carbonyl (C=O) groups is 1. The van der Waals surface area contributed by atoms with Crippen LogP contribution in [-0.4, -0.2) is 58.6 Å². The Morgan fingerprint density at radius 3 is 2.85 bits per heavy atom. The van der Waals surface area contributed by atoms with Crippen LogP contribution in [0.2, 0.25) is 0 Å². The molecule has 0 aliphatic carbocycles. The molecule has 1 aliphatic heterocycles. The zero-order chi connectivity index (χ0) is 18.5. The maximum absolute atomic E-state index is 12.6. The molecule has 0 radical (unpaired) electrons. The van der Waals surface area contributed by atoms with Crippen molar-refractivity contribution in [1.82, 2.24) is 24.8 Å². The number of aryl methyl sites for hydroxylation is 1. The topological polar surface area (TPSA) is 66.3 Å². The number of rotatable bonds is 5. The molecule has 1 N–H and O–H groups in total. The van der Waals surface area contributed by atoms with Gasteiger partial charge in [0.05, 0.1) is 0 Å². The fraction of sp³-hybridized carbons (Fsp3) is 0.526. The minimum atomic E-state index is -0.288. The molecule has 0 bridgehead atoms. The van der Waals surface area contributed by atoms with Crippen molar-refractivity contribution >= 4 is 11.7 Å². The molecule has 3 heterocycles. The summed E-state index contributed by atoms with van der Waals surface area (Å²) in [5.74, 6) is 1.80. The molecule has 0 spiro atoms. The third-order valence-electron chi connectivity index (χ3n) is 5.00. The third-order valence-corrected chi connectivity index (χ3v) is 5.00. The second kappa shape index (κ2) is 8.31. The number of anilines is 1. The number of pyridine rings is 1. The molecule has 0 aromatic carbocycles. The normalized spacial score (nSPS) is 17.0. The second-order valence-electron chi connectivity index (χ2n) is 6.91. The van der Waals surface area contributed by atoms with Gasteiger partial charge in [0, 0.05) is 50.3 Å². The summed E-state index contributed by atoms with van der Waals surface area (Å²) >= 11 is 0. The van der Waals surface area contributed by atoms with Crippen LogP contribution in [0.3, 0.4) is 0 Å². The molecule has 1 unspecified atom stereocenters. The van der Waals surface area contributed by atoms with E-state index in [9.17, 15) is 4.79 Å². The lowest BCUT2D eigenvalue weighted by Gasteiger charge is -2.24. The van der Waals surface area contributed by atoms with Crippen molar-refractivity contribution in [2.24, 2.45) is 0 Å². The summed E-state index contributed by atoms with van der Waals surface area (Å²) in [6.07, 6.45) is 6.50. The summed E-state index contributed by atoms with van der Waals surface area (Å²) in [4.78, 5) is 26.0. The molecule has 2 aromatic rings. The van der Waals surface area contributed by atoms with Crippen molar-refractivity contribution in [1.29, 1.82) is 0 Å². The van der Waals surface area contributed by atoms with E-state index in [0.717, 1.165) is 49.8 Å². The Hall–Kier alpha value is -2.41. The van der Waals surface area contributed by atoms with Crippen molar-refractivity contribution in [3.8, 4) is 0 Å². The highest BCUT2D eigenvalue weighted by Crippen LogP contribution is 2.19. The van der Waals surface area contributed by atoms with Gasteiger partial charge in [0.15, 0.2) is 0 Å². The summed E-state index contributed by atoms with van der Waals surface area (Å²) in [6.45, 7) is 8.35. The van der Waals surface area contributed by atoms with Crippen LogP contribution >= 0.6 is 0 Å². The average Bonchev–Trinajstić information content (AvgIpc) is 2.96. The van der Waals surface area contributed by atoms with Gasteiger partial charge in [-0.25, -0.2) is 9.97 Å². The molecule has 26 heavy (non-hydrogen) atoms. The van der Waals surface area contributed by atoms with E-state index < -0.39 is 0 Å². The number of hydrogen-bond donors (Lipinski definition) is 1. The van der Waals surface area contributed by atoms with Gasteiger partial charge in [-0.3, -0.25) is 4.79 Å². The quantitative estimate of drug-likeness (QED) is 0.882. The van der Waals surface area contributed by atoms with Crippen molar-refractivity contribution < 1.29 is 4.79 Å². The summed E-state index contributed by atoms with van der Waals surface area (Å²) < 4.78 is 1.88. The van der Waals surface area contributed by atoms with E-state index >= 15 is 0 Å². The van der Waals surface area contributed by atoms with E-state index in [-0.39, 0.29) is 11.9 Å². The van der Waals surface area contributed by atoms with Crippen LogP contribution in [0.1, 0.15) is 30.8 Å². The highest BCUT2D eigenvalue weighted by atomic mass is 16.2. The Bertz CT molecular complexity index is 743. The number of carbonyl (C=O) groups excluding carboxylic acids is 1. The highest BCUT2D eigenvalue weighted by Gasteiger charge is 2.19. The number of imidazole rings is 1. The lowest BCUT2D eigenvalue weighted by atomic mass is 10.2. The molecular weight excluding hydrogens is 328 g/mol. The fourth-order valence-corrected chi connectivity index (χ4v) is 3.36. The van der Waals surface area contributed by atoms with Gasteiger partial charge in [-0.1, -0.05) is 6.07 Å². The van der Waals surface area contributed by atoms with E-state index in [1.807, 2.05) is 42.9 Å². The molecule has 1 fully saturated rings. The zero-order valence-corrected chi connectivity index (χ0v) is 15.9. The minimum Gasteiger partial charge on any atom is -0.355 e. The molecule has 1 atom stereocenters. The molecule has 7 heteroatoms. The van der Waals surface area contributed by atoms with Crippen LogP contribution in [0.25, 0.3) is 0 Å². The first-order chi connectivity index (χ1) is 12.6. The van der Waals surface area contributed by atoms with Gasteiger partial charge in [-0.05, 0) is 39.9 Å². The van der Waals surface area contributed by atoms with Gasteiger partial charge in [0.2, 0.25) is 5.91 Å². The van der Waals surface area contributed by atoms with Gasteiger partial charge in [-0.15, -0.1) is 0 Å². The largest absolute Gasteiger partial charge is 0.355 e. The third kappa shape index (κ3) is 4.22. The van der Waals surface area contributed by atoms with Gasteiger partial charge in [-0.2, -0.15) is 0 Å². The Balaban J connectivity index is 1.67.